The Balaban J connectivity index is -0.000000701. The molecule has 0 saturated heterocycles. The summed E-state index contributed by atoms with van der Waals surface area (Å²) in [5.41, 5.74) is 9.27. The van der Waals surface area contributed by atoms with Crippen LogP contribution in [0.3, 0.4) is 0 Å². The molecular weight excluding hydrogens is 462 g/mol. The number of ketones is 3. The van der Waals surface area contributed by atoms with E-state index in [9.17, 15) is 14.4 Å². The van der Waals surface area contributed by atoms with Crippen molar-refractivity contribution >= 4 is 17.3 Å². The van der Waals surface area contributed by atoms with Crippen LogP contribution in [0.4, 0.5) is 0 Å². The number of aliphatic hydroxyl groups is 3. The van der Waals surface area contributed by atoms with Gasteiger partial charge in [-0.1, -0.05) is 6.58 Å². The molecule has 0 fully saturated rings. The van der Waals surface area contributed by atoms with Crippen LogP contribution >= 0.6 is 0 Å². The molecular formula is C23H43N3O9. The summed E-state index contributed by atoms with van der Waals surface area (Å²) in [4.78, 5) is 32.7. The molecule has 0 atom stereocenters. The molecule has 7 N–H and O–H groups in total. The molecule has 0 bridgehead atoms. The molecule has 0 aliphatic rings. The SMILES string of the molecule is C=CC#N.CC(=O)CCOCC(N)(COCCC(C)=O)COCCC(C)=O.NC(CO)(CO)CO. The highest BCUT2D eigenvalue weighted by molar-refractivity contribution is 5.76. The number of carbonyl (C=O) groups excluding carboxylic acids is 3. The van der Waals surface area contributed by atoms with Crippen molar-refractivity contribution in [2.75, 3.05) is 59.5 Å². The van der Waals surface area contributed by atoms with Crippen LogP contribution in [0.5, 0.6) is 0 Å². The lowest BCUT2D eigenvalue weighted by molar-refractivity contribution is -0.118. The number of Topliss-reactive ketones (excluding diaryl/α,β-unsaturated/α-hetero) is 3. The van der Waals surface area contributed by atoms with E-state index in [1.54, 1.807) is 6.07 Å². The van der Waals surface area contributed by atoms with E-state index in [4.69, 9.17) is 46.3 Å². The first-order valence-corrected chi connectivity index (χ1v) is 11.0. The standard InChI is InChI=1S/C16H29NO6.C4H11NO3.C3H3N/c1-13(18)4-7-21-10-16(17,11-22-8-5-14(2)19)12-23-9-6-15(3)20;5-4(1-6,2-7)3-8;1-2-3-4/h4-12,17H2,1-3H3;6-8H,1-3,5H2;2H,1H2. The summed E-state index contributed by atoms with van der Waals surface area (Å²) in [7, 11) is 0. The predicted octanol–water partition coefficient (Wildman–Crippen LogP) is -0.972. The van der Waals surface area contributed by atoms with Gasteiger partial charge in [-0.15, -0.1) is 0 Å². The maximum atomic E-state index is 10.9. The number of aliphatic hydroxyl groups excluding tert-OH is 3. The fraction of sp³-hybridized carbons (Fsp3) is 0.739. The Kier molecular flexibility index (Phi) is 25.3. The van der Waals surface area contributed by atoms with E-state index in [0.29, 0.717) is 19.3 Å². The minimum Gasteiger partial charge on any atom is -0.394 e. The van der Waals surface area contributed by atoms with Crippen molar-refractivity contribution in [2.24, 2.45) is 11.5 Å². The largest absolute Gasteiger partial charge is 0.394 e. The van der Waals surface area contributed by atoms with Crippen molar-refractivity contribution in [3.63, 3.8) is 0 Å². The predicted molar refractivity (Wildman–Crippen MR) is 129 cm³/mol. The van der Waals surface area contributed by atoms with E-state index in [2.05, 4.69) is 6.58 Å². The number of hydrogen-bond acceptors (Lipinski definition) is 12. The van der Waals surface area contributed by atoms with Crippen LogP contribution < -0.4 is 11.5 Å². The number of carbonyl (C=O) groups is 3. The molecule has 12 nitrogen and oxygen atoms in total. The summed E-state index contributed by atoms with van der Waals surface area (Å²) in [6, 6.07) is 1.69. The highest BCUT2D eigenvalue weighted by atomic mass is 16.5. The normalized spacial score (nSPS) is 10.7. The van der Waals surface area contributed by atoms with Gasteiger partial charge in [-0.25, -0.2) is 0 Å². The van der Waals surface area contributed by atoms with Gasteiger partial charge in [0.25, 0.3) is 0 Å². The third-order valence-corrected chi connectivity index (χ3v) is 4.00. The van der Waals surface area contributed by atoms with E-state index >= 15 is 0 Å². The average Bonchev–Trinajstić information content (AvgIpc) is 2.82. The third kappa shape index (κ3) is 28.0. The second kappa shape index (κ2) is 23.7. The van der Waals surface area contributed by atoms with Crippen molar-refractivity contribution in [1.82, 2.24) is 0 Å². The molecule has 12 heteroatoms. The summed E-state index contributed by atoms with van der Waals surface area (Å²) < 4.78 is 16.3. The minimum absolute atomic E-state index is 0.0445. The highest BCUT2D eigenvalue weighted by Crippen LogP contribution is 2.06. The molecule has 0 aromatic carbocycles. The van der Waals surface area contributed by atoms with Crippen LogP contribution in [-0.4, -0.2) is 103 Å². The third-order valence-electron chi connectivity index (χ3n) is 4.00. The molecule has 0 spiro atoms. The molecule has 35 heavy (non-hydrogen) atoms. The molecule has 0 heterocycles. The highest BCUT2D eigenvalue weighted by Gasteiger charge is 2.26. The van der Waals surface area contributed by atoms with E-state index < -0.39 is 30.9 Å². The van der Waals surface area contributed by atoms with Crippen molar-refractivity contribution in [1.29, 1.82) is 5.26 Å². The number of ether oxygens (including phenoxy) is 3. The Hall–Kier alpha value is -2.08. The smallest absolute Gasteiger partial charge is 0.132 e. The second-order valence-electron chi connectivity index (χ2n) is 8.05. The zero-order valence-electron chi connectivity index (χ0n) is 21.2. The Morgan fingerprint density at radius 2 is 1.03 bits per heavy atom. The van der Waals surface area contributed by atoms with Crippen LogP contribution in [0.15, 0.2) is 12.7 Å². The topological polar surface area (TPSA) is 215 Å². The number of nitrogens with two attached hydrogens (primary N) is 2. The van der Waals surface area contributed by atoms with Crippen LogP contribution in [0.25, 0.3) is 0 Å². The van der Waals surface area contributed by atoms with Gasteiger partial charge in [-0.3, -0.25) is 14.4 Å². The summed E-state index contributed by atoms with van der Waals surface area (Å²) in [6.45, 7) is 7.76. The maximum Gasteiger partial charge on any atom is 0.132 e. The Bertz CT molecular complexity index is 569. The molecule has 0 aliphatic carbocycles. The van der Waals surface area contributed by atoms with Gasteiger partial charge < -0.3 is 41.0 Å². The van der Waals surface area contributed by atoms with Gasteiger partial charge >= 0.3 is 0 Å². The maximum absolute atomic E-state index is 10.9. The number of hydrogen-bond donors (Lipinski definition) is 5. The van der Waals surface area contributed by atoms with Crippen molar-refractivity contribution < 1.29 is 43.9 Å². The van der Waals surface area contributed by atoms with E-state index in [1.165, 1.54) is 26.8 Å². The van der Waals surface area contributed by atoms with Crippen LogP contribution in [0.1, 0.15) is 40.0 Å². The summed E-state index contributed by atoms with van der Waals surface area (Å²) >= 11 is 0. The Labute approximate surface area is 207 Å². The molecule has 0 aliphatic heterocycles. The van der Waals surface area contributed by atoms with E-state index in [1.807, 2.05) is 0 Å². The van der Waals surface area contributed by atoms with Crippen LogP contribution in [0.2, 0.25) is 0 Å². The van der Waals surface area contributed by atoms with Gasteiger partial charge in [0.1, 0.15) is 17.3 Å². The van der Waals surface area contributed by atoms with Crippen molar-refractivity contribution in [3.05, 3.63) is 12.7 Å². The van der Waals surface area contributed by atoms with Gasteiger partial charge in [-0.2, -0.15) is 5.26 Å². The molecule has 204 valence electrons. The first kappa shape index (κ1) is 37.5. The number of nitriles is 1. The summed E-state index contributed by atoms with van der Waals surface area (Å²) in [5.74, 6) is 0.133. The molecule has 0 radical (unpaired) electrons. The zero-order valence-corrected chi connectivity index (χ0v) is 21.2. The first-order chi connectivity index (χ1) is 16.3. The molecule has 0 unspecified atom stereocenters. The van der Waals surface area contributed by atoms with Gasteiger partial charge in [0, 0.05) is 25.3 Å². The lowest BCUT2D eigenvalue weighted by Crippen LogP contribution is -2.53. The minimum atomic E-state index is -1.21. The fourth-order valence-corrected chi connectivity index (χ4v) is 1.75. The fourth-order valence-electron chi connectivity index (χ4n) is 1.75. The number of rotatable bonds is 18. The Morgan fingerprint density at radius 1 is 0.771 bits per heavy atom. The lowest BCUT2D eigenvalue weighted by atomic mass is 10.1. The summed E-state index contributed by atoms with van der Waals surface area (Å²) in [6.07, 6.45) is 2.16. The molecule has 0 saturated carbocycles. The lowest BCUT2D eigenvalue weighted by Gasteiger charge is -2.28. The molecule has 0 amide bonds. The summed E-state index contributed by atoms with van der Waals surface area (Å²) in [5, 5.41) is 32.5. The number of allylic oxidation sites excluding steroid dienone is 1. The monoisotopic (exact) mass is 505 g/mol. The van der Waals surface area contributed by atoms with Crippen LogP contribution in [-0.2, 0) is 28.6 Å². The van der Waals surface area contributed by atoms with Gasteiger partial charge in [0.05, 0.1) is 76.6 Å². The zero-order chi connectivity index (χ0) is 27.8. The van der Waals surface area contributed by atoms with Crippen LogP contribution in [0, 0.1) is 11.3 Å². The Morgan fingerprint density at radius 3 is 1.17 bits per heavy atom. The molecule has 0 rings (SSSR count). The number of nitrogens with zero attached hydrogens (tertiary/aromatic N) is 1. The first-order valence-electron chi connectivity index (χ1n) is 11.0. The van der Waals surface area contributed by atoms with Crippen molar-refractivity contribution in [2.45, 2.75) is 51.1 Å². The molecule has 0 aromatic rings. The van der Waals surface area contributed by atoms with Gasteiger partial charge in [0.2, 0.25) is 0 Å². The van der Waals surface area contributed by atoms with Crippen molar-refractivity contribution in [3.8, 4) is 6.07 Å². The molecule has 0 aromatic heterocycles. The van der Waals surface area contributed by atoms with E-state index in [0.717, 1.165) is 0 Å². The average molecular weight is 506 g/mol. The van der Waals surface area contributed by atoms with Gasteiger partial charge in [0.15, 0.2) is 0 Å². The van der Waals surface area contributed by atoms with Gasteiger partial charge in [-0.05, 0) is 20.8 Å². The van der Waals surface area contributed by atoms with E-state index in [-0.39, 0.29) is 57.0 Å². The second-order valence-corrected chi connectivity index (χ2v) is 8.05. The quantitative estimate of drug-likeness (QED) is 0.112.